The number of aromatic nitrogens is 4. The molecule has 0 bridgehead atoms. The molecule has 0 unspecified atom stereocenters. The zero-order valence-corrected chi connectivity index (χ0v) is 15.0. The topological polar surface area (TPSA) is 35.6 Å². The number of rotatable bonds is 6. The SMILES string of the molecule is CC(C)c1nccn1Cc1ccc(Cn2ccnc2C(C)C)cc1. The second kappa shape index (κ2) is 7.04. The third kappa shape index (κ3) is 3.58. The van der Waals surface area contributed by atoms with E-state index in [0.29, 0.717) is 11.8 Å². The van der Waals surface area contributed by atoms with Crippen LogP contribution in [-0.2, 0) is 13.1 Å². The minimum absolute atomic E-state index is 0.440. The number of nitrogens with zero attached hydrogens (tertiary/aromatic N) is 4. The lowest BCUT2D eigenvalue weighted by molar-refractivity contribution is 0.665. The minimum atomic E-state index is 0.440. The lowest BCUT2D eigenvalue weighted by Crippen LogP contribution is -2.07. The van der Waals surface area contributed by atoms with Gasteiger partial charge in [0, 0.05) is 49.7 Å². The molecule has 0 aliphatic carbocycles. The maximum Gasteiger partial charge on any atom is 0.111 e. The zero-order valence-electron chi connectivity index (χ0n) is 15.0. The van der Waals surface area contributed by atoms with Gasteiger partial charge in [0.05, 0.1) is 0 Å². The molecule has 4 heteroatoms. The van der Waals surface area contributed by atoms with Crippen molar-refractivity contribution in [1.29, 1.82) is 0 Å². The fourth-order valence-corrected chi connectivity index (χ4v) is 3.05. The van der Waals surface area contributed by atoms with Gasteiger partial charge in [-0.25, -0.2) is 9.97 Å². The summed E-state index contributed by atoms with van der Waals surface area (Å²) in [6.45, 7) is 10.5. The van der Waals surface area contributed by atoms with E-state index in [9.17, 15) is 0 Å². The molecule has 0 N–H and O–H groups in total. The summed E-state index contributed by atoms with van der Waals surface area (Å²) in [6.07, 6.45) is 7.89. The highest BCUT2D eigenvalue weighted by Crippen LogP contribution is 2.16. The molecular weight excluding hydrogens is 296 g/mol. The van der Waals surface area contributed by atoms with Crippen molar-refractivity contribution in [1.82, 2.24) is 19.1 Å². The largest absolute Gasteiger partial charge is 0.330 e. The van der Waals surface area contributed by atoms with Gasteiger partial charge in [0.2, 0.25) is 0 Å². The van der Waals surface area contributed by atoms with Gasteiger partial charge in [-0.3, -0.25) is 0 Å². The Kier molecular flexibility index (Phi) is 4.84. The van der Waals surface area contributed by atoms with E-state index in [1.54, 1.807) is 0 Å². The molecule has 0 fully saturated rings. The van der Waals surface area contributed by atoms with Crippen LogP contribution in [0.1, 0.15) is 62.3 Å². The smallest absolute Gasteiger partial charge is 0.111 e. The van der Waals surface area contributed by atoms with Crippen molar-refractivity contribution < 1.29 is 0 Å². The predicted molar refractivity (Wildman–Crippen MR) is 97.3 cm³/mol. The lowest BCUT2D eigenvalue weighted by atomic mass is 10.1. The second-order valence-corrected chi connectivity index (χ2v) is 6.95. The van der Waals surface area contributed by atoms with Crippen molar-refractivity contribution in [2.24, 2.45) is 0 Å². The van der Waals surface area contributed by atoms with E-state index < -0.39 is 0 Å². The Balaban J connectivity index is 1.71. The molecule has 3 aromatic rings. The lowest BCUT2D eigenvalue weighted by Gasteiger charge is -2.12. The van der Waals surface area contributed by atoms with Crippen LogP contribution >= 0.6 is 0 Å². The van der Waals surface area contributed by atoms with Crippen LogP contribution in [0.5, 0.6) is 0 Å². The predicted octanol–water partition coefficient (Wildman–Crippen LogP) is 4.42. The summed E-state index contributed by atoms with van der Waals surface area (Å²) in [7, 11) is 0. The summed E-state index contributed by atoms with van der Waals surface area (Å²) in [4.78, 5) is 8.92. The maximum absolute atomic E-state index is 4.46. The number of benzene rings is 1. The minimum Gasteiger partial charge on any atom is -0.330 e. The Hall–Kier alpha value is -2.36. The molecule has 0 atom stereocenters. The maximum atomic E-state index is 4.46. The Morgan fingerprint density at radius 2 is 1.08 bits per heavy atom. The van der Waals surface area contributed by atoms with Crippen LogP contribution < -0.4 is 0 Å². The summed E-state index contributed by atoms with van der Waals surface area (Å²) in [5.74, 6) is 3.16. The standard InChI is InChI=1S/C20H26N4/c1-15(2)19-21-9-11-23(19)13-17-5-7-18(8-6-17)14-24-12-10-22-20(24)16(3)4/h5-12,15-16H,13-14H2,1-4H3. The molecule has 0 spiro atoms. The number of imidazole rings is 2. The summed E-state index contributed by atoms with van der Waals surface area (Å²) in [5, 5.41) is 0. The van der Waals surface area contributed by atoms with Gasteiger partial charge in [0.15, 0.2) is 0 Å². The molecular formula is C20H26N4. The van der Waals surface area contributed by atoms with E-state index in [1.165, 1.54) is 11.1 Å². The van der Waals surface area contributed by atoms with Crippen molar-refractivity contribution in [2.45, 2.75) is 52.6 Å². The molecule has 126 valence electrons. The Morgan fingerprint density at radius 1 is 0.708 bits per heavy atom. The van der Waals surface area contributed by atoms with Crippen molar-refractivity contribution in [3.63, 3.8) is 0 Å². The molecule has 24 heavy (non-hydrogen) atoms. The molecule has 2 heterocycles. The van der Waals surface area contributed by atoms with E-state index in [1.807, 2.05) is 12.4 Å². The van der Waals surface area contributed by atoms with Gasteiger partial charge in [0.25, 0.3) is 0 Å². The summed E-state index contributed by atoms with van der Waals surface area (Å²) >= 11 is 0. The quantitative estimate of drug-likeness (QED) is 0.673. The molecule has 0 aliphatic heterocycles. The van der Waals surface area contributed by atoms with E-state index in [4.69, 9.17) is 0 Å². The molecule has 0 aliphatic rings. The normalized spacial score (nSPS) is 11.6. The van der Waals surface area contributed by atoms with Gasteiger partial charge in [0.1, 0.15) is 11.6 Å². The van der Waals surface area contributed by atoms with Gasteiger partial charge >= 0.3 is 0 Å². The monoisotopic (exact) mass is 322 g/mol. The van der Waals surface area contributed by atoms with Crippen molar-refractivity contribution in [3.05, 3.63) is 71.8 Å². The Labute approximate surface area is 144 Å². The fraction of sp³-hybridized carbons (Fsp3) is 0.400. The Morgan fingerprint density at radius 3 is 1.42 bits per heavy atom. The summed E-state index contributed by atoms with van der Waals surface area (Å²) in [5.41, 5.74) is 2.60. The van der Waals surface area contributed by atoms with Crippen LogP contribution in [0, 0.1) is 0 Å². The van der Waals surface area contributed by atoms with Gasteiger partial charge < -0.3 is 9.13 Å². The van der Waals surface area contributed by atoms with Crippen LogP contribution in [0.3, 0.4) is 0 Å². The number of hydrogen-bond donors (Lipinski definition) is 0. The van der Waals surface area contributed by atoms with Crippen LogP contribution in [0.15, 0.2) is 49.1 Å². The van der Waals surface area contributed by atoms with Crippen LogP contribution in [0.25, 0.3) is 0 Å². The van der Waals surface area contributed by atoms with Gasteiger partial charge in [-0.15, -0.1) is 0 Å². The van der Waals surface area contributed by atoms with Crippen molar-refractivity contribution in [2.75, 3.05) is 0 Å². The molecule has 4 nitrogen and oxygen atoms in total. The second-order valence-electron chi connectivity index (χ2n) is 6.95. The van der Waals surface area contributed by atoms with Gasteiger partial charge in [-0.2, -0.15) is 0 Å². The highest BCUT2D eigenvalue weighted by atomic mass is 15.1. The average Bonchev–Trinajstić information content (AvgIpc) is 3.18. The first kappa shape index (κ1) is 16.5. The first-order valence-corrected chi connectivity index (χ1v) is 8.64. The Bertz CT molecular complexity index is 711. The third-order valence-electron chi connectivity index (χ3n) is 4.26. The summed E-state index contributed by atoms with van der Waals surface area (Å²) in [6, 6.07) is 8.85. The summed E-state index contributed by atoms with van der Waals surface area (Å²) < 4.78 is 4.46. The van der Waals surface area contributed by atoms with Crippen molar-refractivity contribution in [3.8, 4) is 0 Å². The van der Waals surface area contributed by atoms with Gasteiger partial charge in [-0.1, -0.05) is 52.0 Å². The molecule has 0 saturated heterocycles. The van der Waals surface area contributed by atoms with E-state index in [-0.39, 0.29) is 0 Å². The highest BCUT2D eigenvalue weighted by molar-refractivity contribution is 5.24. The first-order chi connectivity index (χ1) is 11.5. The zero-order chi connectivity index (χ0) is 17.1. The van der Waals surface area contributed by atoms with Crippen LogP contribution in [0.2, 0.25) is 0 Å². The van der Waals surface area contributed by atoms with Gasteiger partial charge in [-0.05, 0) is 11.1 Å². The van der Waals surface area contributed by atoms with Crippen molar-refractivity contribution >= 4 is 0 Å². The molecule has 0 radical (unpaired) electrons. The average molecular weight is 322 g/mol. The molecule has 0 amide bonds. The number of hydrogen-bond acceptors (Lipinski definition) is 2. The van der Waals surface area contributed by atoms with E-state index in [2.05, 4.69) is 83.5 Å². The highest BCUT2D eigenvalue weighted by Gasteiger charge is 2.09. The molecule has 1 aromatic carbocycles. The van der Waals surface area contributed by atoms with E-state index in [0.717, 1.165) is 24.7 Å². The first-order valence-electron chi connectivity index (χ1n) is 8.64. The molecule has 0 saturated carbocycles. The molecule has 3 rings (SSSR count). The van der Waals surface area contributed by atoms with Crippen LogP contribution in [-0.4, -0.2) is 19.1 Å². The third-order valence-corrected chi connectivity index (χ3v) is 4.26. The fourth-order valence-electron chi connectivity index (χ4n) is 3.05. The van der Waals surface area contributed by atoms with Crippen LogP contribution in [0.4, 0.5) is 0 Å². The van der Waals surface area contributed by atoms with E-state index >= 15 is 0 Å². The molecule has 2 aromatic heterocycles.